The van der Waals surface area contributed by atoms with Gasteiger partial charge in [0.1, 0.15) is 5.82 Å². The van der Waals surface area contributed by atoms with Gasteiger partial charge >= 0.3 is 0 Å². The summed E-state index contributed by atoms with van der Waals surface area (Å²) >= 11 is 7.33. The van der Waals surface area contributed by atoms with Gasteiger partial charge in [0.25, 0.3) is 0 Å². The van der Waals surface area contributed by atoms with Crippen LogP contribution in [0.25, 0.3) is 0 Å². The summed E-state index contributed by atoms with van der Waals surface area (Å²) in [7, 11) is 0. The Hall–Kier alpha value is -0.900. The highest BCUT2D eigenvalue weighted by Crippen LogP contribution is 2.31. The van der Waals surface area contributed by atoms with Gasteiger partial charge in [0.15, 0.2) is 0 Å². The molecule has 0 amide bonds. The highest BCUT2D eigenvalue weighted by Gasteiger charge is 2.17. The molecule has 4 heteroatoms. The van der Waals surface area contributed by atoms with Gasteiger partial charge in [-0.05, 0) is 37.6 Å². The summed E-state index contributed by atoms with van der Waals surface area (Å²) in [5.41, 5.74) is 7.70. The molecule has 2 aromatic rings. The highest BCUT2D eigenvalue weighted by atomic mass is 35.5. The molecule has 1 heterocycles. The summed E-state index contributed by atoms with van der Waals surface area (Å²) in [6, 6.07) is 6.25. The molecule has 1 aromatic carbocycles. The van der Waals surface area contributed by atoms with Crippen LogP contribution in [0.5, 0.6) is 0 Å². The van der Waals surface area contributed by atoms with Crippen LogP contribution in [0.4, 0.5) is 4.39 Å². The zero-order valence-corrected chi connectivity index (χ0v) is 11.2. The molecule has 0 bridgehead atoms. The van der Waals surface area contributed by atoms with Crippen LogP contribution in [-0.2, 0) is 0 Å². The van der Waals surface area contributed by atoms with Gasteiger partial charge in [0.05, 0.1) is 6.04 Å². The lowest BCUT2D eigenvalue weighted by molar-refractivity contribution is 0.601. The summed E-state index contributed by atoms with van der Waals surface area (Å²) in [6.45, 7) is 4.01. The first-order valence-corrected chi connectivity index (χ1v) is 6.46. The first-order chi connectivity index (χ1) is 7.99. The molecule has 2 rings (SSSR count). The Kier molecular flexibility index (Phi) is 3.52. The van der Waals surface area contributed by atoms with Crippen molar-refractivity contribution in [1.29, 1.82) is 0 Å². The van der Waals surface area contributed by atoms with E-state index in [2.05, 4.69) is 6.07 Å². The second kappa shape index (κ2) is 4.77. The largest absolute Gasteiger partial charge is 0.320 e. The first kappa shape index (κ1) is 12.6. The van der Waals surface area contributed by atoms with E-state index >= 15 is 0 Å². The van der Waals surface area contributed by atoms with Crippen LogP contribution in [0.1, 0.15) is 26.9 Å². The third-order valence-corrected chi connectivity index (χ3v) is 4.13. The Balaban J connectivity index is 2.43. The van der Waals surface area contributed by atoms with E-state index in [0.29, 0.717) is 10.6 Å². The van der Waals surface area contributed by atoms with Gasteiger partial charge in [-0.15, -0.1) is 11.3 Å². The van der Waals surface area contributed by atoms with Gasteiger partial charge in [-0.25, -0.2) is 4.39 Å². The van der Waals surface area contributed by atoms with Crippen molar-refractivity contribution in [2.24, 2.45) is 5.73 Å². The molecule has 0 aliphatic heterocycles. The normalized spacial score (nSPS) is 12.8. The first-order valence-electron chi connectivity index (χ1n) is 5.26. The molecule has 0 saturated heterocycles. The fourth-order valence-electron chi connectivity index (χ4n) is 1.86. The SMILES string of the molecule is Cc1cc(C)c(C(N)c2ccc(Cl)cc2F)s1. The number of rotatable bonds is 2. The molecule has 90 valence electrons. The van der Waals surface area contributed by atoms with Crippen molar-refractivity contribution in [1.82, 2.24) is 0 Å². The number of thiophene rings is 1. The maximum atomic E-state index is 13.8. The van der Waals surface area contributed by atoms with Gasteiger partial charge in [0.2, 0.25) is 0 Å². The highest BCUT2D eigenvalue weighted by molar-refractivity contribution is 7.12. The van der Waals surface area contributed by atoms with Gasteiger partial charge < -0.3 is 5.73 Å². The van der Waals surface area contributed by atoms with Crippen LogP contribution >= 0.6 is 22.9 Å². The molecule has 0 radical (unpaired) electrons. The van der Waals surface area contributed by atoms with Crippen LogP contribution in [-0.4, -0.2) is 0 Å². The molecular formula is C13H13ClFNS. The predicted octanol–water partition coefficient (Wildman–Crippen LogP) is 4.21. The Morgan fingerprint density at radius 1 is 1.29 bits per heavy atom. The van der Waals surface area contributed by atoms with Crippen molar-refractivity contribution in [3.05, 3.63) is 56.0 Å². The summed E-state index contributed by atoms with van der Waals surface area (Å²) < 4.78 is 13.8. The van der Waals surface area contributed by atoms with E-state index in [4.69, 9.17) is 17.3 Å². The molecule has 1 atom stereocenters. The molecule has 0 aliphatic carbocycles. The minimum absolute atomic E-state index is 0.351. The lowest BCUT2D eigenvalue weighted by Crippen LogP contribution is -2.13. The quantitative estimate of drug-likeness (QED) is 0.869. The molecule has 0 fully saturated rings. The smallest absolute Gasteiger partial charge is 0.129 e. The van der Waals surface area contributed by atoms with Crippen molar-refractivity contribution in [2.45, 2.75) is 19.9 Å². The molecule has 0 aliphatic rings. The molecule has 1 unspecified atom stereocenters. The van der Waals surface area contributed by atoms with Crippen LogP contribution < -0.4 is 5.73 Å². The maximum Gasteiger partial charge on any atom is 0.129 e. The second-order valence-electron chi connectivity index (χ2n) is 4.05. The standard InChI is InChI=1S/C13H13ClFNS/c1-7-5-8(2)17-13(7)12(16)10-4-3-9(14)6-11(10)15/h3-6,12H,16H2,1-2H3. The number of hydrogen-bond donors (Lipinski definition) is 1. The fraction of sp³-hybridized carbons (Fsp3) is 0.231. The topological polar surface area (TPSA) is 26.0 Å². The maximum absolute atomic E-state index is 13.8. The summed E-state index contributed by atoms with van der Waals surface area (Å²) in [6.07, 6.45) is 0. The van der Waals surface area contributed by atoms with E-state index in [1.165, 1.54) is 10.9 Å². The third-order valence-electron chi connectivity index (χ3n) is 2.66. The van der Waals surface area contributed by atoms with E-state index in [0.717, 1.165) is 10.4 Å². The molecule has 2 N–H and O–H groups in total. The van der Waals surface area contributed by atoms with E-state index in [1.807, 2.05) is 13.8 Å². The average molecular weight is 270 g/mol. The monoisotopic (exact) mass is 269 g/mol. The molecule has 17 heavy (non-hydrogen) atoms. The number of halogens is 2. The van der Waals surface area contributed by atoms with Gasteiger partial charge in [-0.3, -0.25) is 0 Å². The van der Waals surface area contributed by atoms with Crippen molar-refractivity contribution >= 4 is 22.9 Å². The number of benzene rings is 1. The zero-order valence-electron chi connectivity index (χ0n) is 9.63. The lowest BCUT2D eigenvalue weighted by Gasteiger charge is -2.12. The van der Waals surface area contributed by atoms with E-state index in [9.17, 15) is 4.39 Å². The van der Waals surface area contributed by atoms with Gasteiger partial charge in [-0.2, -0.15) is 0 Å². The van der Waals surface area contributed by atoms with Crippen molar-refractivity contribution in [3.63, 3.8) is 0 Å². The van der Waals surface area contributed by atoms with Crippen molar-refractivity contribution in [3.8, 4) is 0 Å². The second-order valence-corrected chi connectivity index (χ2v) is 5.77. The minimum atomic E-state index is -0.425. The number of hydrogen-bond acceptors (Lipinski definition) is 2. The molecule has 0 spiro atoms. The van der Waals surface area contributed by atoms with E-state index < -0.39 is 6.04 Å². The lowest BCUT2D eigenvalue weighted by atomic mass is 10.0. The Morgan fingerprint density at radius 2 is 2.00 bits per heavy atom. The third kappa shape index (κ3) is 2.51. The van der Waals surface area contributed by atoms with Crippen LogP contribution in [0, 0.1) is 19.7 Å². The number of nitrogens with two attached hydrogens (primary N) is 1. The predicted molar refractivity (Wildman–Crippen MR) is 71.2 cm³/mol. The summed E-state index contributed by atoms with van der Waals surface area (Å²) in [5.74, 6) is -0.351. The zero-order chi connectivity index (χ0) is 12.6. The molecular weight excluding hydrogens is 257 g/mol. The molecule has 1 aromatic heterocycles. The summed E-state index contributed by atoms with van der Waals surface area (Å²) in [5, 5.41) is 0.387. The average Bonchev–Trinajstić information content (AvgIpc) is 2.57. The van der Waals surface area contributed by atoms with Crippen molar-refractivity contribution < 1.29 is 4.39 Å². The minimum Gasteiger partial charge on any atom is -0.320 e. The van der Waals surface area contributed by atoms with E-state index in [1.54, 1.807) is 23.5 Å². The summed E-state index contributed by atoms with van der Waals surface area (Å²) in [4.78, 5) is 2.19. The Morgan fingerprint density at radius 3 is 2.53 bits per heavy atom. The molecule has 0 saturated carbocycles. The molecule has 1 nitrogen and oxygen atoms in total. The fourth-order valence-corrected chi connectivity index (χ4v) is 3.08. The Labute approximate surface area is 109 Å². The van der Waals surface area contributed by atoms with Crippen LogP contribution in [0.3, 0.4) is 0 Å². The van der Waals surface area contributed by atoms with E-state index in [-0.39, 0.29) is 5.82 Å². The number of aryl methyl sites for hydroxylation is 2. The van der Waals surface area contributed by atoms with Crippen LogP contribution in [0.15, 0.2) is 24.3 Å². The van der Waals surface area contributed by atoms with Gasteiger partial charge in [0, 0.05) is 20.3 Å². The Bertz CT molecular complexity index is 550. The van der Waals surface area contributed by atoms with Crippen molar-refractivity contribution in [2.75, 3.05) is 0 Å². The van der Waals surface area contributed by atoms with Gasteiger partial charge in [-0.1, -0.05) is 17.7 Å². The van der Waals surface area contributed by atoms with Crippen LogP contribution in [0.2, 0.25) is 5.02 Å².